The molecule has 6 aliphatic rings. The zero-order chi connectivity index (χ0) is 107. The summed E-state index contributed by atoms with van der Waals surface area (Å²) in [6.45, 7) is 41.0. The van der Waals surface area contributed by atoms with Crippen molar-refractivity contribution in [2.45, 2.75) is 394 Å². The molecule has 6 heterocycles. The highest BCUT2D eigenvalue weighted by Crippen LogP contribution is 2.39. The van der Waals surface area contributed by atoms with E-state index in [4.69, 9.17) is 58.8 Å². The van der Waals surface area contributed by atoms with Gasteiger partial charge in [-0.05, 0) is 302 Å². The van der Waals surface area contributed by atoms with Crippen LogP contribution in [0, 0.1) is 0 Å². The number of hydrogen-bond acceptors (Lipinski definition) is 36. The van der Waals surface area contributed by atoms with Crippen molar-refractivity contribution in [2.24, 2.45) is 0 Å². The molecule has 0 saturated heterocycles. The third-order valence-electron chi connectivity index (χ3n) is 21.4. The largest absolute Gasteiger partial charge is 0.443 e. The van der Waals surface area contributed by atoms with Gasteiger partial charge in [0.25, 0.3) is 0 Å². The number of aromatic nitrogens is 12. The molecule has 7 atom stereocenters. The third-order valence-corrected chi connectivity index (χ3v) is 22.0. The summed E-state index contributed by atoms with van der Waals surface area (Å²) >= 11 is 3.31. The molecular weight excluding hydrogens is 1910 g/mol. The number of carbonyl (C=O) groups excluding carboxylic acids is 11. The van der Waals surface area contributed by atoms with Crippen LogP contribution in [0.2, 0.25) is 0 Å². The van der Waals surface area contributed by atoms with Crippen molar-refractivity contribution in [2.75, 3.05) is 45.3 Å². The minimum atomic E-state index is -0.907. The molecule has 5 N–H and O–H groups in total. The molecular formula is C102H147BrN18O22. The average Bonchev–Trinajstić information content (AvgIpc) is 0.819. The number of nitrogens with zero attached hydrogens (tertiary/aromatic N) is 16. The molecule has 784 valence electrons. The Hall–Kier alpha value is -12.1. The second-order valence-electron chi connectivity index (χ2n) is 43.4. The highest BCUT2D eigenvalue weighted by molar-refractivity contribution is 9.10. The SMILES string of the molecule is CC(C)(C)OC(=O)N(C(=O)OC(C)(C)C)c1cnc(C2=CC(=O)CCC2)cn1.CC(C)(C)OC(=O)N(C(=O)OC(C)(C)C)c1cnc(C2CCCC(=O)C2)cn1.CC(C)(C)OC(=O)N(C(=O)OC(C)(C)C)c1cnc([C@@H]2CCC[C@H](O)C2)cn1.COC1CCC[C@@H](c2cnc(N(C(=O)OC(C)(C)C)C(=O)OC(C)(C)C)cn2)C1.CO[C@H]1CCC[C@@H](c2cnc(N)c(Br)n2)C1.Nc1cnc(C2=CC(=O)CCC2)cn1. The summed E-state index contributed by atoms with van der Waals surface area (Å²) in [4.78, 5) is 190. The third kappa shape index (κ3) is 41.3. The highest BCUT2D eigenvalue weighted by atomic mass is 79.9. The zero-order valence-corrected chi connectivity index (χ0v) is 89.4. The van der Waals surface area contributed by atoms with Gasteiger partial charge in [-0.25, -0.2) is 73.2 Å². The van der Waals surface area contributed by atoms with E-state index in [-0.39, 0.29) is 70.6 Å². The summed E-state index contributed by atoms with van der Waals surface area (Å²) < 4.78 is 54.2. The molecule has 4 saturated carbocycles. The van der Waals surface area contributed by atoms with Gasteiger partial charge in [0.1, 0.15) is 61.0 Å². The monoisotopic (exact) mass is 2060 g/mol. The number of aliphatic hydroxyl groups is 1. The van der Waals surface area contributed by atoms with Crippen LogP contribution in [0.15, 0.2) is 84.9 Å². The normalized spacial score (nSPS) is 19.0. The topological polar surface area (TPSA) is 520 Å². The first-order valence-corrected chi connectivity index (χ1v) is 49.1. The number of nitrogen functional groups attached to an aromatic ring is 2. The van der Waals surface area contributed by atoms with Gasteiger partial charge in [0.05, 0.1) is 121 Å². The summed E-state index contributed by atoms with van der Waals surface area (Å²) in [6.07, 6.45) is 31.8. The van der Waals surface area contributed by atoms with Gasteiger partial charge in [-0.15, -0.1) is 0 Å². The maximum absolute atomic E-state index is 12.7. The van der Waals surface area contributed by atoms with Gasteiger partial charge < -0.3 is 63.9 Å². The Bertz CT molecular complexity index is 5230. The van der Waals surface area contributed by atoms with Crippen LogP contribution in [-0.4, -0.2) is 208 Å². The Morgan fingerprint density at radius 2 is 0.622 bits per heavy atom. The fraction of sp³-hybridized carbons (Fsp3) is 0.618. The fourth-order valence-electron chi connectivity index (χ4n) is 15.1. The molecule has 40 nitrogen and oxygen atoms in total. The van der Waals surface area contributed by atoms with E-state index in [1.807, 2.05) is 0 Å². The molecule has 12 rings (SSSR count). The van der Waals surface area contributed by atoms with E-state index in [0.29, 0.717) is 76.7 Å². The Kier molecular flexibility index (Phi) is 42.8. The molecule has 0 aliphatic heterocycles. The second-order valence-corrected chi connectivity index (χ2v) is 44.2. The van der Waals surface area contributed by atoms with Gasteiger partial charge in [-0.2, -0.15) is 19.6 Å². The average molecular weight is 2060 g/mol. The number of methoxy groups -OCH3 is 2. The summed E-state index contributed by atoms with van der Waals surface area (Å²) in [5.74, 6) is 2.19. The molecule has 0 spiro atoms. The first kappa shape index (κ1) is 118. The lowest BCUT2D eigenvalue weighted by atomic mass is 9.85. The van der Waals surface area contributed by atoms with E-state index in [9.17, 15) is 57.8 Å². The molecule has 0 radical (unpaired) electrons. The summed E-state index contributed by atoms with van der Waals surface area (Å²) in [6, 6.07) is 0. The van der Waals surface area contributed by atoms with Crippen molar-refractivity contribution in [3.63, 3.8) is 0 Å². The van der Waals surface area contributed by atoms with Gasteiger partial charge in [0, 0.05) is 63.6 Å². The number of halogens is 1. The standard InChI is InChI=1S/C21H33N3O5.C20H31N3O5.C20H29N3O5.C20H27N3O5.C11H16BrN3O.C10H11N3O/c1-20(2,3)28-18(25)24(19(26)29-21(4,5)6)17-13-22-16(12-23-17)14-9-8-10-15(11-14)27-7;3*1-19(2,3)27-17(25)23(18(26)28-20(4,5)6)16-12-21-15(11-22-16)13-8-7-9-14(24)10-13;1-16-8-4-2-3-7(5-8)9-6-14-11(13)10(12)15-9;11-10-6-12-9(5-13-10)7-2-1-3-8(14)4-7/h12-15H,8-11H2,1-7H3;11-14,24H,7-10H2,1-6H3;11-13H,7-10H2,1-6H3;10-12H,7-9H2,1-6H3;6-8H,2-5H2,1H3,(H2,13,14);4-6H,1-3H2,(H2,11,13)/t14-,15?;13-,14+;;;7-,8+;/m11..1./s1. The lowest BCUT2D eigenvalue weighted by Gasteiger charge is -2.29. The molecule has 6 aliphatic carbocycles. The van der Waals surface area contributed by atoms with Crippen molar-refractivity contribution < 1.29 is 105 Å². The lowest BCUT2D eigenvalue weighted by molar-refractivity contribution is -0.120. The molecule has 41 heteroatoms. The number of allylic oxidation sites excluding steroid dienone is 4. The Morgan fingerprint density at radius 3 is 0.902 bits per heavy atom. The van der Waals surface area contributed by atoms with Gasteiger partial charge in [-0.3, -0.25) is 39.3 Å². The molecule has 143 heavy (non-hydrogen) atoms. The van der Waals surface area contributed by atoms with E-state index in [1.165, 1.54) is 49.8 Å². The fourth-order valence-corrected chi connectivity index (χ4v) is 15.4. The first-order valence-electron chi connectivity index (χ1n) is 48.3. The predicted octanol–water partition coefficient (Wildman–Crippen LogP) is 21.4. The Balaban J connectivity index is 0.000000237. The van der Waals surface area contributed by atoms with E-state index >= 15 is 0 Å². The highest BCUT2D eigenvalue weighted by Gasteiger charge is 2.41. The van der Waals surface area contributed by atoms with E-state index in [1.54, 1.807) is 217 Å². The van der Waals surface area contributed by atoms with Crippen molar-refractivity contribution in [3.05, 3.63) is 119 Å². The summed E-state index contributed by atoms with van der Waals surface area (Å²) in [5, 5.41) is 9.87. The molecule has 0 bridgehead atoms. The molecule has 6 aromatic rings. The smallest absolute Gasteiger partial charge is 0.425 e. The second kappa shape index (κ2) is 51.9. The van der Waals surface area contributed by atoms with Crippen molar-refractivity contribution in [1.82, 2.24) is 59.8 Å². The van der Waals surface area contributed by atoms with Gasteiger partial charge in [-0.1, -0.05) is 19.3 Å². The summed E-state index contributed by atoms with van der Waals surface area (Å²) in [7, 11) is 3.50. The van der Waals surface area contributed by atoms with E-state index in [2.05, 4.69) is 75.7 Å². The van der Waals surface area contributed by atoms with Crippen LogP contribution < -0.4 is 31.1 Å². The van der Waals surface area contributed by atoms with Crippen LogP contribution in [0.3, 0.4) is 0 Å². The number of amides is 8. The number of rotatable bonds is 12. The van der Waals surface area contributed by atoms with Crippen LogP contribution in [0.1, 0.15) is 365 Å². The predicted molar refractivity (Wildman–Crippen MR) is 540 cm³/mol. The number of anilines is 6. The van der Waals surface area contributed by atoms with E-state index < -0.39 is 93.6 Å². The van der Waals surface area contributed by atoms with Crippen LogP contribution in [0.5, 0.6) is 0 Å². The van der Waals surface area contributed by atoms with Crippen molar-refractivity contribution >= 4 is 128 Å². The van der Waals surface area contributed by atoms with Crippen molar-refractivity contribution in [1.29, 1.82) is 0 Å². The number of hydrogen-bond donors (Lipinski definition) is 3. The maximum atomic E-state index is 12.7. The summed E-state index contributed by atoms with van der Waals surface area (Å²) in [5.41, 5.74) is 11.0. The number of carbonyl (C=O) groups is 11. The number of aliphatic hydroxyl groups excluding tert-OH is 1. The maximum Gasteiger partial charge on any atom is 0.425 e. The van der Waals surface area contributed by atoms with Gasteiger partial charge >= 0.3 is 48.7 Å². The molecule has 2 unspecified atom stereocenters. The molecule has 6 aromatic heterocycles. The Morgan fingerprint density at radius 1 is 0.329 bits per heavy atom. The number of nitrogens with two attached hydrogens (primary N) is 2. The first-order chi connectivity index (χ1) is 66.4. The number of ether oxygens (including phenoxy) is 10. The van der Waals surface area contributed by atoms with Crippen LogP contribution in [0.4, 0.5) is 73.3 Å². The molecule has 0 aromatic carbocycles. The van der Waals surface area contributed by atoms with Crippen LogP contribution >= 0.6 is 15.9 Å². The van der Waals surface area contributed by atoms with Gasteiger partial charge in [0.2, 0.25) is 0 Å². The van der Waals surface area contributed by atoms with Crippen LogP contribution in [0.25, 0.3) is 11.1 Å². The van der Waals surface area contributed by atoms with Crippen molar-refractivity contribution in [3.8, 4) is 0 Å². The van der Waals surface area contributed by atoms with Crippen LogP contribution in [-0.2, 0) is 61.8 Å². The number of Topliss-reactive ketones (excluding diaryl/α,β-unsaturated/α-hetero) is 1. The van der Waals surface area contributed by atoms with Gasteiger partial charge in [0.15, 0.2) is 40.7 Å². The lowest BCUT2D eigenvalue weighted by Crippen LogP contribution is -2.44. The minimum Gasteiger partial charge on any atom is -0.443 e. The Labute approximate surface area is 847 Å². The molecule has 8 amide bonds. The number of ketones is 3. The quantitative estimate of drug-likeness (QED) is 0.0958. The zero-order valence-electron chi connectivity index (χ0n) is 87.8. The van der Waals surface area contributed by atoms with E-state index in [0.717, 1.165) is 151 Å². The molecule has 4 fully saturated rings. The minimum absolute atomic E-state index is 0.00869. The number of imide groups is 4.